The molecule has 2 aromatic carbocycles. The Bertz CT molecular complexity index is 779. The van der Waals surface area contributed by atoms with Gasteiger partial charge in [-0.1, -0.05) is 0 Å². The average Bonchev–Trinajstić information content (AvgIpc) is 2.43. The van der Waals surface area contributed by atoms with Crippen LogP contribution in [0.5, 0.6) is 5.75 Å². The van der Waals surface area contributed by atoms with E-state index in [2.05, 4.69) is 36.6 Å². The fourth-order valence-corrected chi connectivity index (χ4v) is 4.18. The molecule has 2 aromatic rings. The van der Waals surface area contributed by atoms with Crippen molar-refractivity contribution in [1.82, 2.24) is 0 Å². The normalized spacial score (nSPS) is 11.2. The second-order valence-electron chi connectivity index (χ2n) is 4.14. The lowest BCUT2D eigenvalue weighted by molar-refractivity contribution is 0.415. The summed E-state index contributed by atoms with van der Waals surface area (Å²) >= 11 is 6.51. The SMILES string of the molecule is COc1ccc(Br)c(NS(=O)(=O)c2cc(N)ccc2Br)c1. The van der Waals surface area contributed by atoms with Crippen molar-refractivity contribution < 1.29 is 13.2 Å². The predicted octanol–water partition coefficient (Wildman–Crippen LogP) is 3.60. The van der Waals surface area contributed by atoms with Gasteiger partial charge in [0.05, 0.1) is 12.8 Å². The Morgan fingerprint density at radius 2 is 1.76 bits per heavy atom. The second kappa shape index (κ2) is 6.25. The van der Waals surface area contributed by atoms with Crippen molar-refractivity contribution in [2.75, 3.05) is 17.6 Å². The van der Waals surface area contributed by atoms with Crippen LogP contribution in [-0.4, -0.2) is 15.5 Å². The average molecular weight is 436 g/mol. The van der Waals surface area contributed by atoms with E-state index in [1.807, 2.05) is 0 Å². The zero-order chi connectivity index (χ0) is 15.6. The largest absolute Gasteiger partial charge is 0.497 e. The lowest BCUT2D eigenvalue weighted by Gasteiger charge is -2.12. The number of rotatable bonds is 4. The van der Waals surface area contributed by atoms with Crippen molar-refractivity contribution in [1.29, 1.82) is 0 Å². The molecule has 0 fully saturated rings. The zero-order valence-corrected chi connectivity index (χ0v) is 14.9. The smallest absolute Gasteiger partial charge is 0.263 e. The van der Waals surface area contributed by atoms with E-state index >= 15 is 0 Å². The summed E-state index contributed by atoms with van der Waals surface area (Å²) in [7, 11) is -2.27. The number of sulfonamides is 1. The Morgan fingerprint density at radius 3 is 2.43 bits per heavy atom. The molecule has 0 heterocycles. The van der Waals surface area contributed by atoms with Crippen LogP contribution in [0.1, 0.15) is 0 Å². The molecule has 0 unspecified atom stereocenters. The van der Waals surface area contributed by atoms with Gasteiger partial charge in [-0.2, -0.15) is 0 Å². The first-order valence-electron chi connectivity index (χ1n) is 5.75. The van der Waals surface area contributed by atoms with Crippen molar-refractivity contribution in [3.8, 4) is 5.75 Å². The molecule has 2 rings (SSSR count). The van der Waals surface area contributed by atoms with Gasteiger partial charge in [0.1, 0.15) is 10.6 Å². The lowest BCUT2D eigenvalue weighted by atomic mass is 10.3. The fraction of sp³-hybridized carbons (Fsp3) is 0.0769. The third-order valence-corrected chi connectivity index (χ3v) is 5.71. The standard InChI is InChI=1S/C13H12Br2N2O3S/c1-20-9-3-5-10(14)12(7-9)17-21(18,19)13-6-8(16)2-4-11(13)15/h2-7,17H,16H2,1H3. The molecule has 0 saturated heterocycles. The number of nitrogens with two attached hydrogens (primary N) is 1. The molecule has 5 nitrogen and oxygen atoms in total. The first-order valence-corrected chi connectivity index (χ1v) is 8.82. The highest BCUT2D eigenvalue weighted by Crippen LogP contribution is 2.31. The van der Waals surface area contributed by atoms with E-state index in [-0.39, 0.29) is 4.90 Å². The number of benzene rings is 2. The molecule has 0 atom stereocenters. The van der Waals surface area contributed by atoms with Crippen molar-refractivity contribution in [3.63, 3.8) is 0 Å². The summed E-state index contributed by atoms with van der Waals surface area (Å²) in [6.45, 7) is 0. The Hall–Kier alpha value is -1.25. The van der Waals surface area contributed by atoms with E-state index in [1.54, 1.807) is 30.3 Å². The fourth-order valence-electron chi connectivity index (χ4n) is 1.64. The first kappa shape index (κ1) is 16.1. The number of anilines is 2. The van der Waals surface area contributed by atoms with Crippen LogP contribution in [0.3, 0.4) is 0 Å². The van der Waals surface area contributed by atoms with Crippen LogP contribution in [-0.2, 0) is 10.0 Å². The van der Waals surface area contributed by atoms with E-state index in [1.165, 1.54) is 13.2 Å². The highest BCUT2D eigenvalue weighted by Gasteiger charge is 2.19. The van der Waals surface area contributed by atoms with Gasteiger partial charge in [-0.05, 0) is 62.2 Å². The molecule has 0 aliphatic carbocycles. The minimum Gasteiger partial charge on any atom is -0.497 e. The molecule has 0 amide bonds. The van der Waals surface area contributed by atoms with Crippen LogP contribution >= 0.6 is 31.9 Å². The van der Waals surface area contributed by atoms with Gasteiger partial charge >= 0.3 is 0 Å². The summed E-state index contributed by atoms with van der Waals surface area (Å²) in [6, 6.07) is 9.60. The molecule has 0 saturated carbocycles. The second-order valence-corrected chi connectivity index (χ2v) is 7.50. The van der Waals surface area contributed by atoms with Crippen LogP contribution in [0.4, 0.5) is 11.4 Å². The van der Waals surface area contributed by atoms with Gasteiger partial charge in [-0.15, -0.1) is 0 Å². The Labute approximate surface area is 139 Å². The van der Waals surface area contributed by atoms with Gasteiger partial charge in [-0.3, -0.25) is 4.72 Å². The number of halogens is 2. The summed E-state index contributed by atoms with van der Waals surface area (Å²) < 4.78 is 33.6. The first-order chi connectivity index (χ1) is 9.83. The van der Waals surface area contributed by atoms with Gasteiger partial charge in [-0.25, -0.2) is 8.42 Å². The number of methoxy groups -OCH3 is 1. The highest BCUT2D eigenvalue weighted by molar-refractivity contribution is 9.11. The maximum Gasteiger partial charge on any atom is 0.263 e. The lowest BCUT2D eigenvalue weighted by Crippen LogP contribution is -2.14. The summed E-state index contributed by atoms with van der Waals surface area (Å²) in [6.07, 6.45) is 0. The summed E-state index contributed by atoms with van der Waals surface area (Å²) in [5.41, 5.74) is 6.39. The van der Waals surface area contributed by atoms with Crippen LogP contribution in [0, 0.1) is 0 Å². The maximum atomic E-state index is 12.5. The summed E-state index contributed by atoms with van der Waals surface area (Å²) in [4.78, 5) is 0.0669. The van der Waals surface area contributed by atoms with Crippen molar-refractivity contribution in [3.05, 3.63) is 45.3 Å². The monoisotopic (exact) mass is 434 g/mol. The van der Waals surface area contributed by atoms with Gasteiger partial charge in [0.25, 0.3) is 10.0 Å². The number of hydrogen-bond acceptors (Lipinski definition) is 4. The quantitative estimate of drug-likeness (QED) is 0.718. The van der Waals surface area contributed by atoms with E-state index < -0.39 is 10.0 Å². The van der Waals surface area contributed by atoms with Crippen molar-refractivity contribution in [2.45, 2.75) is 4.90 Å². The van der Waals surface area contributed by atoms with E-state index in [0.29, 0.717) is 26.1 Å². The molecule has 0 bridgehead atoms. The van der Waals surface area contributed by atoms with Crippen LogP contribution in [0.25, 0.3) is 0 Å². The number of hydrogen-bond donors (Lipinski definition) is 2. The van der Waals surface area contributed by atoms with E-state index in [0.717, 1.165) is 0 Å². The molecule has 0 aromatic heterocycles. The number of nitrogens with one attached hydrogen (secondary N) is 1. The molecule has 8 heteroatoms. The third kappa shape index (κ3) is 3.69. The molecule has 0 spiro atoms. The Balaban J connectivity index is 2.44. The topological polar surface area (TPSA) is 81.4 Å². The van der Waals surface area contributed by atoms with Gasteiger partial charge < -0.3 is 10.5 Å². The molecule has 0 aliphatic rings. The predicted molar refractivity (Wildman–Crippen MR) is 90.1 cm³/mol. The molecule has 3 N–H and O–H groups in total. The molecular weight excluding hydrogens is 424 g/mol. The van der Waals surface area contributed by atoms with Crippen LogP contribution in [0.15, 0.2) is 50.2 Å². The molecule has 0 aliphatic heterocycles. The summed E-state index contributed by atoms with van der Waals surface area (Å²) in [5, 5.41) is 0. The van der Waals surface area contributed by atoms with Gasteiger partial charge in [0.15, 0.2) is 0 Å². The summed E-state index contributed by atoms with van der Waals surface area (Å²) in [5.74, 6) is 0.544. The van der Waals surface area contributed by atoms with E-state index in [9.17, 15) is 8.42 Å². The Morgan fingerprint density at radius 1 is 1.10 bits per heavy atom. The molecule has 0 radical (unpaired) electrons. The molecule has 21 heavy (non-hydrogen) atoms. The van der Waals surface area contributed by atoms with Crippen LogP contribution < -0.4 is 15.2 Å². The number of ether oxygens (including phenoxy) is 1. The number of nitrogen functional groups attached to an aromatic ring is 1. The maximum absolute atomic E-state index is 12.5. The Kier molecular flexibility index (Phi) is 4.80. The van der Waals surface area contributed by atoms with E-state index in [4.69, 9.17) is 10.5 Å². The van der Waals surface area contributed by atoms with Gasteiger partial charge in [0.2, 0.25) is 0 Å². The molecule has 112 valence electrons. The van der Waals surface area contributed by atoms with Crippen molar-refractivity contribution in [2.24, 2.45) is 0 Å². The molecular formula is C13H12Br2N2O3S. The van der Waals surface area contributed by atoms with Crippen LogP contribution in [0.2, 0.25) is 0 Å². The third-order valence-electron chi connectivity index (χ3n) is 2.66. The zero-order valence-electron chi connectivity index (χ0n) is 10.9. The minimum absolute atomic E-state index is 0.0669. The minimum atomic E-state index is -3.78. The van der Waals surface area contributed by atoms with Gasteiger partial charge in [0, 0.05) is 20.7 Å². The highest BCUT2D eigenvalue weighted by atomic mass is 79.9. The van der Waals surface area contributed by atoms with Crippen molar-refractivity contribution >= 4 is 53.3 Å².